The topological polar surface area (TPSA) is 59.3 Å². The summed E-state index contributed by atoms with van der Waals surface area (Å²) in [6.07, 6.45) is 8.82. The minimum atomic E-state index is -0.246. The number of benzene rings is 1. The molecule has 0 unspecified atom stereocenters. The summed E-state index contributed by atoms with van der Waals surface area (Å²) in [5.41, 5.74) is 4.94. The number of nitrogens with one attached hydrogen (secondary N) is 1. The number of pyridine rings is 1. The second-order valence-corrected chi connectivity index (χ2v) is 4.62. The average Bonchev–Trinajstić information content (AvgIpc) is 3.10. The summed E-state index contributed by atoms with van der Waals surface area (Å²) < 4.78 is 1.98. The summed E-state index contributed by atoms with van der Waals surface area (Å²) in [5, 5.41) is 3.93. The van der Waals surface area contributed by atoms with E-state index in [4.69, 9.17) is 0 Å². The van der Waals surface area contributed by atoms with Crippen molar-refractivity contribution in [1.29, 1.82) is 0 Å². The molecule has 5 heteroatoms. The Hall–Kier alpha value is -3.21. The second kappa shape index (κ2) is 6.49. The number of rotatable bonds is 4. The molecule has 108 valence electrons. The van der Waals surface area contributed by atoms with E-state index in [0.29, 0.717) is 5.56 Å². The monoisotopic (exact) mass is 290 g/mol. The van der Waals surface area contributed by atoms with E-state index in [1.54, 1.807) is 30.7 Å². The first-order valence-electron chi connectivity index (χ1n) is 6.80. The smallest absolute Gasteiger partial charge is 0.271 e. The van der Waals surface area contributed by atoms with E-state index in [2.05, 4.69) is 15.5 Å². The Balaban J connectivity index is 1.64. The standard InChI is InChI=1S/C17H14N4O/c22-17(20-19-13-14-7-9-18-10-8-14)15-3-5-16(6-4-15)21-11-1-2-12-21/h1-13H,(H,20,22)/b19-13-. The van der Waals surface area contributed by atoms with Gasteiger partial charge in [-0.3, -0.25) is 9.78 Å². The van der Waals surface area contributed by atoms with Gasteiger partial charge in [-0.25, -0.2) is 5.43 Å². The lowest BCUT2D eigenvalue weighted by Crippen LogP contribution is -2.17. The molecule has 0 radical (unpaired) electrons. The van der Waals surface area contributed by atoms with Crippen LogP contribution in [-0.4, -0.2) is 21.7 Å². The fourth-order valence-corrected chi connectivity index (χ4v) is 1.97. The maximum Gasteiger partial charge on any atom is 0.271 e. The van der Waals surface area contributed by atoms with Gasteiger partial charge in [0.25, 0.3) is 5.91 Å². The molecule has 22 heavy (non-hydrogen) atoms. The molecule has 0 saturated heterocycles. The summed E-state index contributed by atoms with van der Waals surface area (Å²) in [5.74, 6) is -0.246. The summed E-state index contributed by atoms with van der Waals surface area (Å²) in [4.78, 5) is 15.9. The number of carbonyl (C=O) groups is 1. The van der Waals surface area contributed by atoms with Gasteiger partial charge in [-0.15, -0.1) is 0 Å². The lowest BCUT2D eigenvalue weighted by molar-refractivity contribution is 0.0955. The SMILES string of the molecule is O=C(N/N=C\c1ccncc1)c1ccc(-n2cccc2)cc1. The predicted octanol–water partition coefficient (Wildman–Crippen LogP) is 2.64. The molecule has 0 saturated carbocycles. The molecule has 0 bridgehead atoms. The molecule has 2 heterocycles. The van der Waals surface area contributed by atoms with Gasteiger partial charge in [0.2, 0.25) is 0 Å². The molecule has 1 amide bonds. The summed E-state index contributed by atoms with van der Waals surface area (Å²) in [6.45, 7) is 0. The van der Waals surface area contributed by atoms with E-state index in [0.717, 1.165) is 11.3 Å². The predicted molar refractivity (Wildman–Crippen MR) is 85.1 cm³/mol. The van der Waals surface area contributed by atoms with Gasteiger partial charge in [-0.2, -0.15) is 5.10 Å². The zero-order chi connectivity index (χ0) is 15.2. The van der Waals surface area contributed by atoms with Crippen LogP contribution < -0.4 is 5.43 Å². The van der Waals surface area contributed by atoms with Crippen molar-refractivity contribution in [2.24, 2.45) is 5.10 Å². The van der Waals surface area contributed by atoms with E-state index in [1.165, 1.54) is 0 Å². The highest BCUT2D eigenvalue weighted by molar-refractivity contribution is 5.95. The third-order valence-electron chi connectivity index (χ3n) is 3.12. The maximum absolute atomic E-state index is 12.0. The minimum absolute atomic E-state index is 0.246. The summed E-state index contributed by atoms with van der Waals surface area (Å²) in [7, 11) is 0. The van der Waals surface area contributed by atoms with Crippen molar-refractivity contribution < 1.29 is 4.79 Å². The molecule has 0 atom stereocenters. The Labute approximate surface area is 127 Å². The van der Waals surface area contributed by atoms with Gasteiger partial charge in [-0.1, -0.05) is 0 Å². The Kier molecular flexibility index (Phi) is 4.06. The average molecular weight is 290 g/mol. The molecule has 1 N–H and O–H groups in total. The lowest BCUT2D eigenvalue weighted by atomic mass is 10.2. The van der Waals surface area contributed by atoms with Crippen molar-refractivity contribution >= 4 is 12.1 Å². The number of carbonyl (C=O) groups excluding carboxylic acids is 1. The van der Waals surface area contributed by atoms with Gasteiger partial charge in [0.05, 0.1) is 6.21 Å². The van der Waals surface area contributed by atoms with E-state index in [1.807, 2.05) is 53.4 Å². The second-order valence-electron chi connectivity index (χ2n) is 4.62. The van der Waals surface area contributed by atoms with Crippen LogP contribution in [0.15, 0.2) is 78.4 Å². The van der Waals surface area contributed by atoms with Crippen molar-refractivity contribution in [3.05, 3.63) is 84.4 Å². The molecule has 0 aliphatic heterocycles. The number of hydrazone groups is 1. The number of hydrogen-bond donors (Lipinski definition) is 1. The van der Waals surface area contributed by atoms with Gasteiger partial charge < -0.3 is 4.57 Å². The van der Waals surface area contributed by atoms with Crippen molar-refractivity contribution in [2.45, 2.75) is 0 Å². The molecule has 5 nitrogen and oxygen atoms in total. The number of aromatic nitrogens is 2. The molecule has 2 aromatic heterocycles. The van der Waals surface area contributed by atoms with E-state index in [-0.39, 0.29) is 5.91 Å². The van der Waals surface area contributed by atoms with Gasteiger partial charge in [0, 0.05) is 36.0 Å². The molecule has 0 aliphatic rings. The number of amides is 1. The van der Waals surface area contributed by atoms with Crippen molar-refractivity contribution in [3.63, 3.8) is 0 Å². The third kappa shape index (κ3) is 3.27. The molecule has 0 spiro atoms. The van der Waals surface area contributed by atoms with E-state index < -0.39 is 0 Å². The summed E-state index contributed by atoms with van der Waals surface area (Å²) in [6, 6.07) is 14.8. The van der Waals surface area contributed by atoms with Crippen LogP contribution in [0.4, 0.5) is 0 Å². The zero-order valence-corrected chi connectivity index (χ0v) is 11.8. The Bertz CT molecular complexity index is 762. The molecular weight excluding hydrogens is 276 g/mol. The summed E-state index contributed by atoms with van der Waals surface area (Å²) >= 11 is 0. The quantitative estimate of drug-likeness (QED) is 0.593. The number of hydrogen-bond acceptors (Lipinski definition) is 3. The van der Waals surface area contributed by atoms with Crippen LogP contribution in [0.25, 0.3) is 5.69 Å². The van der Waals surface area contributed by atoms with Crippen LogP contribution in [0, 0.1) is 0 Å². The highest BCUT2D eigenvalue weighted by atomic mass is 16.2. The first kappa shape index (κ1) is 13.8. The molecule has 0 aliphatic carbocycles. The zero-order valence-electron chi connectivity index (χ0n) is 11.8. The number of nitrogens with zero attached hydrogens (tertiary/aromatic N) is 3. The maximum atomic E-state index is 12.0. The molecule has 3 rings (SSSR count). The van der Waals surface area contributed by atoms with Crippen LogP contribution in [0.5, 0.6) is 0 Å². The van der Waals surface area contributed by atoms with E-state index in [9.17, 15) is 4.79 Å². The Morgan fingerprint density at radius 3 is 2.41 bits per heavy atom. The van der Waals surface area contributed by atoms with Crippen LogP contribution >= 0.6 is 0 Å². The van der Waals surface area contributed by atoms with Crippen LogP contribution in [-0.2, 0) is 0 Å². The van der Waals surface area contributed by atoms with Gasteiger partial charge in [0.1, 0.15) is 0 Å². The lowest BCUT2D eigenvalue weighted by Gasteiger charge is -2.04. The highest BCUT2D eigenvalue weighted by Gasteiger charge is 2.04. The minimum Gasteiger partial charge on any atom is -0.324 e. The van der Waals surface area contributed by atoms with Gasteiger partial charge in [-0.05, 0) is 54.1 Å². The van der Waals surface area contributed by atoms with E-state index >= 15 is 0 Å². The highest BCUT2D eigenvalue weighted by Crippen LogP contribution is 2.09. The molecular formula is C17H14N4O. The first-order chi connectivity index (χ1) is 10.8. The van der Waals surface area contributed by atoms with Crippen molar-refractivity contribution in [2.75, 3.05) is 0 Å². The van der Waals surface area contributed by atoms with Crippen molar-refractivity contribution in [1.82, 2.24) is 15.0 Å². The van der Waals surface area contributed by atoms with Crippen LogP contribution in [0.3, 0.4) is 0 Å². The van der Waals surface area contributed by atoms with Crippen molar-refractivity contribution in [3.8, 4) is 5.69 Å². The fraction of sp³-hybridized carbons (Fsp3) is 0. The Morgan fingerprint density at radius 2 is 1.73 bits per heavy atom. The molecule has 0 fully saturated rings. The Morgan fingerprint density at radius 1 is 1.05 bits per heavy atom. The van der Waals surface area contributed by atoms with Gasteiger partial charge in [0.15, 0.2) is 0 Å². The fourth-order valence-electron chi connectivity index (χ4n) is 1.97. The third-order valence-corrected chi connectivity index (χ3v) is 3.12. The largest absolute Gasteiger partial charge is 0.324 e. The van der Waals surface area contributed by atoms with Crippen LogP contribution in [0.2, 0.25) is 0 Å². The molecule has 3 aromatic rings. The van der Waals surface area contributed by atoms with Gasteiger partial charge >= 0.3 is 0 Å². The first-order valence-corrected chi connectivity index (χ1v) is 6.80. The van der Waals surface area contributed by atoms with Crippen LogP contribution in [0.1, 0.15) is 15.9 Å². The normalized spacial score (nSPS) is 10.7. The molecule has 1 aromatic carbocycles.